The molecule has 78 valence electrons. The Morgan fingerprint density at radius 1 is 1.40 bits per heavy atom. The first-order valence-electron chi connectivity index (χ1n) is 5.23. The Morgan fingerprint density at radius 2 is 2.20 bits per heavy atom. The van der Waals surface area contributed by atoms with Crippen LogP contribution in [0.2, 0.25) is 0 Å². The van der Waals surface area contributed by atoms with Crippen LogP contribution in [0, 0.1) is 0 Å². The van der Waals surface area contributed by atoms with Crippen LogP contribution in [-0.4, -0.2) is 28.8 Å². The normalized spacial score (nSPS) is 16.1. The highest BCUT2D eigenvalue weighted by atomic mass is 16.1. The van der Waals surface area contributed by atoms with Crippen LogP contribution in [0.3, 0.4) is 0 Å². The van der Waals surface area contributed by atoms with Crippen LogP contribution in [0.5, 0.6) is 0 Å². The number of likely N-dealkylation sites (tertiary alicyclic amines) is 1. The highest BCUT2D eigenvalue weighted by Crippen LogP contribution is 2.08. The summed E-state index contributed by atoms with van der Waals surface area (Å²) >= 11 is 0. The third-order valence-corrected chi connectivity index (χ3v) is 2.52. The van der Waals surface area contributed by atoms with Gasteiger partial charge in [0.15, 0.2) is 5.78 Å². The standard InChI is InChI=1S/C12H14N2O/c15-12(11-4-3-6-13-10-11)5-9-14-7-1-2-8-14/h3-6,9-10H,1-2,7-8H2/b9-5+. The van der Waals surface area contributed by atoms with E-state index in [4.69, 9.17) is 0 Å². The number of hydrogen-bond donors (Lipinski definition) is 0. The lowest BCUT2D eigenvalue weighted by atomic mass is 10.2. The minimum atomic E-state index is 0.0231. The van der Waals surface area contributed by atoms with Crippen LogP contribution < -0.4 is 0 Å². The zero-order valence-corrected chi connectivity index (χ0v) is 8.60. The minimum absolute atomic E-state index is 0.0231. The van der Waals surface area contributed by atoms with Gasteiger partial charge in [-0.05, 0) is 25.0 Å². The third kappa shape index (κ3) is 2.65. The van der Waals surface area contributed by atoms with Crippen molar-refractivity contribution in [2.24, 2.45) is 0 Å². The van der Waals surface area contributed by atoms with E-state index in [0.29, 0.717) is 5.56 Å². The lowest BCUT2D eigenvalue weighted by Gasteiger charge is -2.09. The van der Waals surface area contributed by atoms with Gasteiger partial charge in [-0.3, -0.25) is 9.78 Å². The summed E-state index contributed by atoms with van der Waals surface area (Å²) in [6, 6.07) is 3.56. The number of carbonyl (C=O) groups excluding carboxylic acids is 1. The van der Waals surface area contributed by atoms with Crippen LogP contribution in [0.1, 0.15) is 23.2 Å². The molecule has 0 aromatic carbocycles. The molecule has 0 amide bonds. The molecule has 0 saturated carbocycles. The average Bonchev–Trinajstić information content (AvgIpc) is 2.80. The molecule has 0 unspecified atom stereocenters. The number of hydrogen-bond acceptors (Lipinski definition) is 3. The second-order valence-corrected chi connectivity index (χ2v) is 3.66. The van der Waals surface area contributed by atoms with E-state index in [9.17, 15) is 4.79 Å². The summed E-state index contributed by atoms with van der Waals surface area (Å²) in [5.41, 5.74) is 0.646. The predicted molar refractivity (Wildman–Crippen MR) is 58.5 cm³/mol. The molecule has 0 radical (unpaired) electrons. The van der Waals surface area contributed by atoms with Gasteiger partial charge in [0.05, 0.1) is 0 Å². The SMILES string of the molecule is O=C(/C=C/N1CCCC1)c1cccnc1. The Kier molecular flexibility index (Phi) is 3.12. The molecule has 0 N–H and O–H groups in total. The molecule has 0 atom stereocenters. The van der Waals surface area contributed by atoms with Crippen LogP contribution in [0.4, 0.5) is 0 Å². The fraction of sp³-hybridized carbons (Fsp3) is 0.333. The molecule has 15 heavy (non-hydrogen) atoms. The van der Waals surface area contributed by atoms with E-state index in [1.165, 1.54) is 12.8 Å². The molecule has 1 fully saturated rings. The van der Waals surface area contributed by atoms with E-state index in [-0.39, 0.29) is 5.78 Å². The van der Waals surface area contributed by atoms with Gasteiger partial charge in [-0.2, -0.15) is 0 Å². The molecule has 2 rings (SSSR count). The van der Waals surface area contributed by atoms with E-state index < -0.39 is 0 Å². The summed E-state index contributed by atoms with van der Waals surface area (Å²) in [6.45, 7) is 2.13. The molecule has 0 aliphatic carbocycles. The summed E-state index contributed by atoms with van der Waals surface area (Å²) in [7, 11) is 0. The highest BCUT2D eigenvalue weighted by Gasteiger charge is 2.07. The number of aromatic nitrogens is 1. The van der Waals surface area contributed by atoms with Gasteiger partial charge < -0.3 is 4.90 Å². The Balaban J connectivity index is 1.97. The lowest BCUT2D eigenvalue weighted by Crippen LogP contribution is -2.11. The van der Waals surface area contributed by atoms with Crippen molar-refractivity contribution in [3.8, 4) is 0 Å². The topological polar surface area (TPSA) is 33.2 Å². The van der Waals surface area contributed by atoms with E-state index in [1.807, 2.05) is 6.20 Å². The third-order valence-electron chi connectivity index (χ3n) is 2.52. The summed E-state index contributed by atoms with van der Waals surface area (Å²) < 4.78 is 0. The van der Waals surface area contributed by atoms with Gasteiger partial charge in [0.1, 0.15) is 0 Å². The van der Waals surface area contributed by atoms with Crippen LogP contribution in [0.15, 0.2) is 36.8 Å². The van der Waals surface area contributed by atoms with Gasteiger partial charge >= 0.3 is 0 Å². The summed E-state index contributed by atoms with van der Waals surface area (Å²) in [5, 5.41) is 0. The molecule has 3 heteroatoms. The fourth-order valence-corrected chi connectivity index (χ4v) is 1.67. The molecule has 0 spiro atoms. The van der Waals surface area contributed by atoms with Gasteiger partial charge in [0.2, 0.25) is 0 Å². The second kappa shape index (κ2) is 4.73. The maximum absolute atomic E-state index is 11.6. The van der Waals surface area contributed by atoms with Crippen LogP contribution >= 0.6 is 0 Å². The maximum atomic E-state index is 11.6. The largest absolute Gasteiger partial charge is 0.377 e. The van der Waals surface area contributed by atoms with Crippen molar-refractivity contribution in [3.63, 3.8) is 0 Å². The molecule has 3 nitrogen and oxygen atoms in total. The zero-order valence-electron chi connectivity index (χ0n) is 8.60. The molecule has 2 heterocycles. The Hall–Kier alpha value is -1.64. The highest BCUT2D eigenvalue weighted by molar-refractivity contribution is 6.04. The molecule has 1 aromatic heterocycles. The van der Waals surface area contributed by atoms with Crippen molar-refractivity contribution in [2.75, 3.05) is 13.1 Å². The van der Waals surface area contributed by atoms with Gasteiger partial charge in [-0.15, -0.1) is 0 Å². The zero-order chi connectivity index (χ0) is 10.5. The van der Waals surface area contributed by atoms with Gasteiger partial charge in [-0.1, -0.05) is 0 Å². The molecule has 0 bridgehead atoms. The van der Waals surface area contributed by atoms with Gasteiger partial charge in [0, 0.05) is 43.3 Å². The number of pyridine rings is 1. The molecule has 1 aliphatic rings. The van der Waals surface area contributed by atoms with Gasteiger partial charge in [0.25, 0.3) is 0 Å². The molecular formula is C12H14N2O. The van der Waals surface area contributed by atoms with Crippen molar-refractivity contribution in [2.45, 2.75) is 12.8 Å². The maximum Gasteiger partial charge on any atom is 0.188 e. The number of ketones is 1. The predicted octanol–water partition coefficient (Wildman–Crippen LogP) is 1.87. The average molecular weight is 202 g/mol. The number of rotatable bonds is 3. The van der Waals surface area contributed by atoms with Crippen molar-refractivity contribution in [1.82, 2.24) is 9.88 Å². The van der Waals surface area contributed by atoms with E-state index in [2.05, 4.69) is 9.88 Å². The van der Waals surface area contributed by atoms with E-state index in [1.54, 1.807) is 30.6 Å². The van der Waals surface area contributed by atoms with Crippen molar-refractivity contribution < 1.29 is 4.79 Å². The van der Waals surface area contributed by atoms with Crippen LogP contribution in [0.25, 0.3) is 0 Å². The van der Waals surface area contributed by atoms with E-state index in [0.717, 1.165) is 13.1 Å². The summed E-state index contributed by atoms with van der Waals surface area (Å²) in [5.74, 6) is 0.0231. The second-order valence-electron chi connectivity index (χ2n) is 3.66. The number of carbonyl (C=O) groups is 1. The summed E-state index contributed by atoms with van der Waals surface area (Å²) in [4.78, 5) is 17.7. The monoisotopic (exact) mass is 202 g/mol. The first-order chi connectivity index (χ1) is 7.36. The molecular weight excluding hydrogens is 188 g/mol. The molecule has 1 aromatic rings. The van der Waals surface area contributed by atoms with Gasteiger partial charge in [-0.25, -0.2) is 0 Å². The van der Waals surface area contributed by atoms with E-state index >= 15 is 0 Å². The summed E-state index contributed by atoms with van der Waals surface area (Å²) in [6.07, 6.45) is 9.24. The van der Waals surface area contributed by atoms with Crippen molar-refractivity contribution >= 4 is 5.78 Å². The minimum Gasteiger partial charge on any atom is -0.377 e. The smallest absolute Gasteiger partial charge is 0.188 e. The quantitative estimate of drug-likeness (QED) is 0.554. The first-order valence-corrected chi connectivity index (χ1v) is 5.23. The van der Waals surface area contributed by atoms with Crippen molar-refractivity contribution in [1.29, 1.82) is 0 Å². The number of nitrogens with zero attached hydrogens (tertiary/aromatic N) is 2. The molecule has 1 aliphatic heterocycles. The Morgan fingerprint density at radius 3 is 2.87 bits per heavy atom. The lowest BCUT2D eigenvalue weighted by molar-refractivity contribution is 0.104. The van der Waals surface area contributed by atoms with Crippen molar-refractivity contribution in [3.05, 3.63) is 42.4 Å². The first kappa shape index (κ1) is 9.90. The fourth-order valence-electron chi connectivity index (χ4n) is 1.67. The van der Waals surface area contributed by atoms with Crippen LogP contribution in [-0.2, 0) is 0 Å². The Labute approximate surface area is 89.4 Å². The number of allylic oxidation sites excluding steroid dienone is 1. The molecule has 1 saturated heterocycles. The Bertz CT molecular complexity index is 353.